The topological polar surface area (TPSA) is 74.5 Å². The highest BCUT2D eigenvalue weighted by molar-refractivity contribution is 5.84. The molecule has 0 saturated carbocycles. The molecule has 1 aliphatic carbocycles. The summed E-state index contributed by atoms with van der Waals surface area (Å²) < 4.78 is 1.27. The molecule has 3 N–H and O–H groups in total. The summed E-state index contributed by atoms with van der Waals surface area (Å²) in [6.45, 7) is 4.63. The number of hydrogen-bond donors (Lipinski definition) is 3. The van der Waals surface area contributed by atoms with Crippen LogP contribution in [0.1, 0.15) is 42.3 Å². The Morgan fingerprint density at radius 3 is 2.34 bits per heavy atom. The molecule has 0 spiro atoms. The lowest BCUT2D eigenvalue weighted by molar-refractivity contribution is 0.1000. The summed E-state index contributed by atoms with van der Waals surface area (Å²) in [6, 6.07) is 13.1. The summed E-state index contributed by atoms with van der Waals surface area (Å²) in [5, 5.41) is 25.1. The summed E-state index contributed by atoms with van der Waals surface area (Å²) in [5.41, 5.74) is 5.64. The van der Waals surface area contributed by atoms with Gasteiger partial charge in [-0.2, -0.15) is 0 Å². The number of aromatic nitrogens is 1. The zero-order chi connectivity index (χ0) is 20.5. The van der Waals surface area contributed by atoms with Crippen LogP contribution in [0.25, 0.3) is 10.9 Å². The molecule has 1 aliphatic rings. The number of nitrogens with zero attached hydrogens (tertiary/aromatic N) is 1. The van der Waals surface area contributed by atoms with Gasteiger partial charge in [-0.05, 0) is 60.1 Å². The van der Waals surface area contributed by atoms with E-state index in [-0.39, 0.29) is 23.9 Å². The highest BCUT2D eigenvalue weighted by Gasteiger charge is 2.24. The second-order valence-electron chi connectivity index (χ2n) is 7.85. The molecular formula is C24H28N2O3. The number of phenols is 1. The van der Waals surface area contributed by atoms with Crippen molar-refractivity contribution in [1.82, 2.24) is 9.88 Å². The third-order valence-electron chi connectivity index (χ3n) is 6.03. The standard InChI is InChI=1S/C24H28N2O3/c1-3-15-10-18-12-20(13-19(18)11-16(15)4-2)25-14-23(29)26-22(28)9-8-17-6-5-7-21(27)24(17)26/h5-11,20,23,25,27,29H,3-4,12-14H2,1-2H3. The molecule has 0 aliphatic heterocycles. The lowest BCUT2D eigenvalue weighted by Crippen LogP contribution is -2.37. The minimum Gasteiger partial charge on any atom is -0.506 e. The third kappa shape index (κ3) is 3.68. The fourth-order valence-corrected chi connectivity index (χ4v) is 4.53. The Morgan fingerprint density at radius 2 is 1.72 bits per heavy atom. The largest absolute Gasteiger partial charge is 0.506 e. The fourth-order valence-electron chi connectivity index (χ4n) is 4.53. The van der Waals surface area contributed by atoms with Crippen molar-refractivity contribution < 1.29 is 10.2 Å². The number of aliphatic hydroxyl groups excluding tert-OH is 1. The van der Waals surface area contributed by atoms with Crippen molar-refractivity contribution in [3.05, 3.63) is 75.1 Å². The van der Waals surface area contributed by atoms with Crippen LogP contribution in [0.15, 0.2) is 47.3 Å². The second kappa shape index (κ2) is 8.01. The Hall–Kier alpha value is -2.63. The lowest BCUT2D eigenvalue weighted by atomic mass is 9.97. The number of aryl methyl sites for hydroxylation is 2. The summed E-state index contributed by atoms with van der Waals surface area (Å²) in [6.07, 6.45) is 2.88. The number of phenolic OH excluding ortho intramolecular Hbond substituents is 1. The van der Waals surface area contributed by atoms with E-state index in [0.29, 0.717) is 5.52 Å². The molecule has 0 radical (unpaired) electrons. The molecular weight excluding hydrogens is 364 g/mol. The minimum absolute atomic E-state index is 0.00767. The van der Waals surface area contributed by atoms with Crippen LogP contribution in [0, 0.1) is 0 Å². The Balaban J connectivity index is 1.51. The van der Waals surface area contributed by atoms with E-state index in [2.05, 4.69) is 31.3 Å². The number of aromatic hydroxyl groups is 1. The molecule has 5 heteroatoms. The maximum atomic E-state index is 12.4. The van der Waals surface area contributed by atoms with Crippen molar-refractivity contribution >= 4 is 10.9 Å². The van der Waals surface area contributed by atoms with Gasteiger partial charge in [0.1, 0.15) is 12.0 Å². The van der Waals surface area contributed by atoms with Crippen molar-refractivity contribution in [2.75, 3.05) is 6.54 Å². The molecule has 2 aromatic carbocycles. The normalized spacial score (nSPS) is 15.0. The smallest absolute Gasteiger partial charge is 0.253 e. The maximum absolute atomic E-state index is 12.4. The van der Waals surface area contributed by atoms with Crippen molar-refractivity contribution in [3.8, 4) is 5.75 Å². The molecule has 1 atom stereocenters. The second-order valence-corrected chi connectivity index (χ2v) is 7.85. The van der Waals surface area contributed by atoms with E-state index in [9.17, 15) is 15.0 Å². The van der Waals surface area contributed by atoms with Gasteiger partial charge in [0.15, 0.2) is 0 Å². The molecule has 1 aromatic heterocycles. The third-order valence-corrected chi connectivity index (χ3v) is 6.03. The van der Waals surface area contributed by atoms with Gasteiger partial charge >= 0.3 is 0 Å². The van der Waals surface area contributed by atoms with Crippen molar-refractivity contribution in [2.45, 2.75) is 51.8 Å². The van der Waals surface area contributed by atoms with Gasteiger partial charge in [0.05, 0.1) is 5.52 Å². The van der Waals surface area contributed by atoms with E-state index >= 15 is 0 Å². The van der Waals surface area contributed by atoms with E-state index in [4.69, 9.17) is 0 Å². The molecule has 0 saturated heterocycles. The Labute approximate surface area is 170 Å². The van der Waals surface area contributed by atoms with Gasteiger partial charge in [-0.15, -0.1) is 0 Å². The van der Waals surface area contributed by atoms with E-state index in [1.165, 1.54) is 39.0 Å². The first kappa shape index (κ1) is 19.7. The quantitative estimate of drug-likeness (QED) is 0.603. The molecule has 0 amide bonds. The molecule has 3 aromatic rings. The molecule has 152 valence electrons. The van der Waals surface area contributed by atoms with Crippen LogP contribution in [-0.4, -0.2) is 27.4 Å². The predicted molar refractivity (Wildman–Crippen MR) is 116 cm³/mol. The number of fused-ring (bicyclic) bond motifs is 2. The fraction of sp³-hybridized carbons (Fsp3) is 0.375. The van der Waals surface area contributed by atoms with Crippen molar-refractivity contribution in [3.63, 3.8) is 0 Å². The minimum atomic E-state index is -1.05. The van der Waals surface area contributed by atoms with Crippen LogP contribution >= 0.6 is 0 Å². The van der Waals surface area contributed by atoms with Crippen LogP contribution in [0.5, 0.6) is 5.75 Å². The first-order valence-electron chi connectivity index (χ1n) is 10.4. The van der Waals surface area contributed by atoms with Gasteiger partial charge in [-0.3, -0.25) is 9.36 Å². The molecule has 1 unspecified atom stereocenters. The van der Waals surface area contributed by atoms with Gasteiger partial charge in [-0.1, -0.05) is 38.1 Å². The summed E-state index contributed by atoms with van der Waals surface area (Å²) >= 11 is 0. The monoisotopic (exact) mass is 392 g/mol. The SMILES string of the molecule is CCc1cc2c(cc1CC)CC(NCC(O)n1c(=O)ccc3cccc(O)c31)C2. The van der Waals surface area contributed by atoms with E-state index in [1.54, 1.807) is 12.1 Å². The predicted octanol–water partition coefficient (Wildman–Crippen LogP) is 3.08. The van der Waals surface area contributed by atoms with Crippen LogP contribution in [0.3, 0.4) is 0 Å². The first-order chi connectivity index (χ1) is 14.0. The highest BCUT2D eigenvalue weighted by atomic mass is 16.3. The molecule has 29 heavy (non-hydrogen) atoms. The molecule has 0 fully saturated rings. The van der Waals surface area contributed by atoms with Crippen molar-refractivity contribution in [2.24, 2.45) is 0 Å². The molecule has 4 rings (SSSR count). The molecule has 5 nitrogen and oxygen atoms in total. The van der Waals surface area contributed by atoms with Gasteiger partial charge in [0.2, 0.25) is 0 Å². The summed E-state index contributed by atoms with van der Waals surface area (Å²) in [7, 11) is 0. The zero-order valence-electron chi connectivity index (χ0n) is 17.0. The van der Waals surface area contributed by atoms with Crippen LogP contribution in [-0.2, 0) is 25.7 Å². The van der Waals surface area contributed by atoms with Crippen LogP contribution < -0.4 is 10.9 Å². The number of nitrogens with one attached hydrogen (secondary N) is 1. The Morgan fingerprint density at radius 1 is 1.07 bits per heavy atom. The molecule has 0 bridgehead atoms. The Bertz CT molecular complexity index is 1070. The average molecular weight is 392 g/mol. The maximum Gasteiger partial charge on any atom is 0.253 e. The lowest BCUT2D eigenvalue weighted by Gasteiger charge is -2.20. The van der Waals surface area contributed by atoms with E-state index in [1.807, 2.05) is 6.07 Å². The number of pyridine rings is 1. The van der Waals surface area contributed by atoms with Gasteiger partial charge < -0.3 is 15.5 Å². The van der Waals surface area contributed by atoms with Gasteiger partial charge in [0.25, 0.3) is 5.56 Å². The van der Waals surface area contributed by atoms with E-state index < -0.39 is 6.23 Å². The number of rotatable bonds is 6. The Kier molecular flexibility index (Phi) is 5.43. The highest BCUT2D eigenvalue weighted by Crippen LogP contribution is 2.28. The van der Waals surface area contributed by atoms with Crippen molar-refractivity contribution in [1.29, 1.82) is 0 Å². The van der Waals surface area contributed by atoms with Gasteiger partial charge in [0, 0.05) is 24.0 Å². The summed E-state index contributed by atoms with van der Waals surface area (Å²) in [4.78, 5) is 12.4. The number of hydrogen-bond acceptors (Lipinski definition) is 4. The van der Waals surface area contributed by atoms with Gasteiger partial charge in [-0.25, -0.2) is 0 Å². The summed E-state index contributed by atoms with van der Waals surface area (Å²) in [5.74, 6) is -0.00767. The van der Waals surface area contributed by atoms with Crippen LogP contribution in [0.4, 0.5) is 0 Å². The average Bonchev–Trinajstić information content (AvgIpc) is 3.13. The molecule has 1 heterocycles. The zero-order valence-corrected chi connectivity index (χ0v) is 17.0. The van der Waals surface area contributed by atoms with E-state index in [0.717, 1.165) is 31.1 Å². The van der Waals surface area contributed by atoms with Crippen LogP contribution in [0.2, 0.25) is 0 Å². The first-order valence-corrected chi connectivity index (χ1v) is 10.4. The number of benzene rings is 2. The number of para-hydroxylation sites is 1. The number of aliphatic hydroxyl groups is 1.